The number of hydrogen-bond donors (Lipinski definition) is 3. The van der Waals surface area contributed by atoms with Gasteiger partial charge in [0.05, 0.1) is 12.7 Å². The monoisotopic (exact) mass is 230 g/mol. The van der Waals surface area contributed by atoms with E-state index in [1.807, 2.05) is 0 Å². The van der Waals surface area contributed by atoms with E-state index in [0.717, 1.165) is 26.1 Å². The highest BCUT2D eigenvalue weighted by atomic mass is 16.3. The molecule has 1 aliphatic heterocycles. The second-order valence-electron chi connectivity index (χ2n) is 4.69. The van der Waals surface area contributed by atoms with Crippen molar-refractivity contribution in [1.82, 2.24) is 10.2 Å². The summed E-state index contributed by atoms with van der Waals surface area (Å²) in [4.78, 5) is 2.31. The summed E-state index contributed by atoms with van der Waals surface area (Å²) in [5.41, 5.74) is 0. The van der Waals surface area contributed by atoms with Gasteiger partial charge in [-0.1, -0.05) is 13.3 Å². The smallest absolute Gasteiger partial charge is 0.0897 e. The minimum Gasteiger partial charge on any atom is -0.394 e. The van der Waals surface area contributed by atoms with Crippen LogP contribution in [0.5, 0.6) is 0 Å². The Labute approximate surface area is 98.6 Å². The number of nitrogens with zero attached hydrogens (tertiary/aromatic N) is 1. The number of aliphatic hydroxyl groups is 2. The van der Waals surface area contributed by atoms with E-state index in [0.29, 0.717) is 12.6 Å². The summed E-state index contributed by atoms with van der Waals surface area (Å²) in [5.74, 6) is 0. The van der Waals surface area contributed by atoms with Gasteiger partial charge in [-0.3, -0.25) is 4.90 Å². The zero-order chi connectivity index (χ0) is 11.8. The second-order valence-corrected chi connectivity index (χ2v) is 4.69. The van der Waals surface area contributed by atoms with Crippen molar-refractivity contribution in [3.05, 3.63) is 0 Å². The third-order valence-corrected chi connectivity index (χ3v) is 3.21. The molecule has 0 aliphatic carbocycles. The predicted octanol–water partition coefficient (Wildman–Crippen LogP) is 0.194. The summed E-state index contributed by atoms with van der Waals surface area (Å²) >= 11 is 0. The van der Waals surface area contributed by atoms with Crippen molar-refractivity contribution in [3.63, 3.8) is 0 Å². The molecule has 0 bridgehead atoms. The van der Waals surface area contributed by atoms with Gasteiger partial charge in [0.15, 0.2) is 0 Å². The number of hydrogen-bond acceptors (Lipinski definition) is 4. The first kappa shape index (κ1) is 13.9. The summed E-state index contributed by atoms with van der Waals surface area (Å²) in [6, 6.07) is 0.529. The molecule has 1 aliphatic rings. The molecule has 0 radical (unpaired) electrons. The number of aliphatic hydroxyl groups excluding tert-OH is 2. The summed E-state index contributed by atoms with van der Waals surface area (Å²) < 4.78 is 0. The molecule has 0 aromatic heterocycles. The first-order valence-electron chi connectivity index (χ1n) is 6.51. The van der Waals surface area contributed by atoms with E-state index in [2.05, 4.69) is 17.1 Å². The van der Waals surface area contributed by atoms with Crippen LogP contribution in [0.2, 0.25) is 0 Å². The molecule has 4 heteroatoms. The fourth-order valence-corrected chi connectivity index (χ4v) is 2.31. The molecule has 0 aromatic rings. The molecule has 1 fully saturated rings. The predicted molar refractivity (Wildman–Crippen MR) is 65.5 cm³/mol. The normalized spacial score (nSPS) is 24.6. The molecule has 1 saturated heterocycles. The van der Waals surface area contributed by atoms with Gasteiger partial charge in [-0.05, 0) is 32.4 Å². The Kier molecular flexibility index (Phi) is 6.96. The van der Waals surface area contributed by atoms with Crippen molar-refractivity contribution in [2.24, 2.45) is 0 Å². The van der Waals surface area contributed by atoms with Crippen LogP contribution in [0.25, 0.3) is 0 Å². The van der Waals surface area contributed by atoms with Crippen LogP contribution in [0.15, 0.2) is 0 Å². The lowest BCUT2D eigenvalue weighted by Gasteiger charge is -2.36. The summed E-state index contributed by atoms with van der Waals surface area (Å²) in [5, 5.41) is 21.8. The molecule has 16 heavy (non-hydrogen) atoms. The van der Waals surface area contributed by atoms with Gasteiger partial charge in [-0.2, -0.15) is 0 Å². The quantitative estimate of drug-likeness (QED) is 0.547. The van der Waals surface area contributed by atoms with Gasteiger partial charge in [-0.25, -0.2) is 0 Å². The maximum absolute atomic E-state index is 9.49. The molecule has 1 rings (SSSR count). The molecule has 0 spiro atoms. The Morgan fingerprint density at radius 3 is 2.94 bits per heavy atom. The summed E-state index contributed by atoms with van der Waals surface area (Å²) in [6.07, 6.45) is 4.26. The topological polar surface area (TPSA) is 55.7 Å². The second kappa shape index (κ2) is 8.01. The van der Waals surface area contributed by atoms with E-state index in [4.69, 9.17) is 5.11 Å². The minimum absolute atomic E-state index is 0.133. The van der Waals surface area contributed by atoms with Crippen molar-refractivity contribution in [2.75, 3.05) is 32.8 Å². The molecule has 4 nitrogen and oxygen atoms in total. The Morgan fingerprint density at radius 2 is 2.25 bits per heavy atom. The molecule has 0 saturated carbocycles. The van der Waals surface area contributed by atoms with Crippen LogP contribution in [0.4, 0.5) is 0 Å². The van der Waals surface area contributed by atoms with Crippen LogP contribution in [-0.2, 0) is 0 Å². The largest absolute Gasteiger partial charge is 0.394 e. The summed E-state index contributed by atoms with van der Waals surface area (Å²) in [7, 11) is 0. The zero-order valence-corrected chi connectivity index (χ0v) is 10.4. The maximum Gasteiger partial charge on any atom is 0.0897 e. The van der Waals surface area contributed by atoms with Crippen LogP contribution >= 0.6 is 0 Å². The first-order valence-corrected chi connectivity index (χ1v) is 6.51. The molecular formula is C12H26N2O2. The van der Waals surface area contributed by atoms with Crippen molar-refractivity contribution < 1.29 is 10.2 Å². The van der Waals surface area contributed by atoms with Gasteiger partial charge in [0.2, 0.25) is 0 Å². The Bertz CT molecular complexity index is 178. The standard InChI is InChI=1S/C12H26N2O2/c1-2-6-13-8-11-5-3-4-7-14(11)9-12(16)10-15/h11-13,15-16H,2-10H2,1H3. The number of likely N-dealkylation sites (tertiary alicyclic amines) is 1. The van der Waals surface area contributed by atoms with E-state index in [1.54, 1.807) is 0 Å². The minimum atomic E-state index is -0.591. The van der Waals surface area contributed by atoms with Gasteiger partial charge >= 0.3 is 0 Å². The van der Waals surface area contributed by atoms with E-state index in [-0.39, 0.29) is 6.61 Å². The van der Waals surface area contributed by atoms with Gasteiger partial charge in [-0.15, -0.1) is 0 Å². The van der Waals surface area contributed by atoms with Crippen LogP contribution in [0.3, 0.4) is 0 Å². The van der Waals surface area contributed by atoms with Gasteiger partial charge in [0, 0.05) is 19.1 Å². The molecule has 0 amide bonds. The average Bonchev–Trinajstić information content (AvgIpc) is 2.31. The van der Waals surface area contributed by atoms with Gasteiger partial charge in [0.25, 0.3) is 0 Å². The third kappa shape index (κ3) is 4.78. The van der Waals surface area contributed by atoms with E-state index in [9.17, 15) is 5.11 Å². The molecule has 1 heterocycles. The molecule has 2 unspecified atom stereocenters. The number of piperidine rings is 1. The Hall–Kier alpha value is -0.160. The zero-order valence-electron chi connectivity index (χ0n) is 10.4. The molecule has 3 N–H and O–H groups in total. The SMILES string of the molecule is CCCNCC1CCCCN1CC(O)CO. The highest BCUT2D eigenvalue weighted by molar-refractivity contribution is 4.80. The van der Waals surface area contributed by atoms with E-state index >= 15 is 0 Å². The average molecular weight is 230 g/mol. The molecule has 2 atom stereocenters. The van der Waals surface area contributed by atoms with Crippen LogP contribution in [0.1, 0.15) is 32.6 Å². The highest BCUT2D eigenvalue weighted by Gasteiger charge is 2.23. The third-order valence-electron chi connectivity index (χ3n) is 3.21. The van der Waals surface area contributed by atoms with Crippen molar-refractivity contribution >= 4 is 0 Å². The maximum atomic E-state index is 9.49. The van der Waals surface area contributed by atoms with Gasteiger partial charge in [0.1, 0.15) is 0 Å². The molecule has 0 aromatic carbocycles. The first-order chi connectivity index (χ1) is 7.77. The van der Waals surface area contributed by atoms with Crippen LogP contribution < -0.4 is 5.32 Å². The number of rotatable bonds is 7. The number of nitrogens with one attached hydrogen (secondary N) is 1. The van der Waals surface area contributed by atoms with E-state index < -0.39 is 6.10 Å². The summed E-state index contributed by atoms with van der Waals surface area (Å²) in [6.45, 7) is 5.76. The van der Waals surface area contributed by atoms with Gasteiger partial charge < -0.3 is 15.5 Å². The molecule has 96 valence electrons. The van der Waals surface area contributed by atoms with E-state index in [1.165, 1.54) is 19.3 Å². The fourth-order valence-electron chi connectivity index (χ4n) is 2.31. The lowest BCUT2D eigenvalue weighted by atomic mass is 10.0. The van der Waals surface area contributed by atoms with Crippen LogP contribution in [0, 0.1) is 0 Å². The van der Waals surface area contributed by atoms with Crippen molar-refractivity contribution in [1.29, 1.82) is 0 Å². The fraction of sp³-hybridized carbons (Fsp3) is 1.00. The number of β-amino-alcohol motifs (C(OH)–C–C–N with tert-alkyl or cyclic N) is 1. The van der Waals surface area contributed by atoms with Crippen LogP contribution in [-0.4, -0.2) is 60.0 Å². The Balaban J connectivity index is 2.31. The lowest BCUT2D eigenvalue weighted by molar-refractivity contribution is 0.0332. The molecular weight excluding hydrogens is 204 g/mol. The highest BCUT2D eigenvalue weighted by Crippen LogP contribution is 2.16. The lowest BCUT2D eigenvalue weighted by Crippen LogP contribution is -2.48. The van der Waals surface area contributed by atoms with Crippen molar-refractivity contribution in [3.8, 4) is 0 Å². The Morgan fingerprint density at radius 1 is 1.44 bits per heavy atom. The van der Waals surface area contributed by atoms with Crippen molar-refractivity contribution in [2.45, 2.75) is 44.8 Å².